The van der Waals surface area contributed by atoms with Gasteiger partial charge in [0.2, 0.25) is 0 Å². The average Bonchev–Trinajstić information content (AvgIpc) is 2.57. The number of phenolic OH excluding ortho intramolecular Hbond substituents is 1. The van der Waals surface area contributed by atoms with Crippen molar-refractivity contribution in [3.05, 3.63) is 88.8 Å². The fourth-order valence-electron chi connectivity index (χ4n) is 2.22. The summed E-state index contributed by atoms with van der Waals surface area (Å²) >= 11 is 0. The Morgan fingerprint density at radius 1 is 0.913 bits per heavy atom. The van der Waals surface area contributed by atoms with Gasteiger partial charge < -0.3 is 10.4 Å². The highest BCUT2D eigenvalue weighted by molar-refractivity contribution is 6.06. The maximum Gasteiger partial charge on any atom is 0.259 e. The summed E-state index contributed by atoms with van der Waals surface area (Å²) in [7, 11) is 0. The van der Waals surface area contributed by atoms with Crippen LogP contribution in [-0.4, -0.2) is 15.6 Å². The molecule has 0 fully saturated rings. The molecule has 0 spiro atoms. The number of hydrogen-bond donors (Lipinski definition) is 2. The lowest BCUT2D eigenvalue weighted by Crippen LogP contribution is -2.19. The maximum atomic E-state index is 12.2. The Bertz CT molecular complexity index is 901. The van der Waals surface area contributed by atoms with Gasteiger partial charge in [-0.1, -0.05) is 30.3 Å². The van der Waals surface area contributed by atoms with E-state index in [1.807, 2.05) is 18.2 Å². The molecule has 0 atom stereocenters. The summed E-state index contributed by atoms with van der Waals surface area (Å²) in [6.45, 7) is 0. The molecule has 0 unspecified atom stereocenters. The van der Waals surface area contributed by atoms with E-state index in [1.165, 1.54) is 28.8 Å². The van der Waals surface area contributed by atoms with Crippen molar-refractivity contribution in [3.63, 3.8) is 0 Å². The van der Waals surface area contributed by atoms with E-state index >= 15 is 0 Å². The molecule has 114 valence electrons. The number of nitrogens with zero attached hydrogens (tertiary/aromatic N) is 1. The van der Waals surface area contributed by atoms with Crippen molar-refractivity contribution < 1.29 is 9.90 Å². The lowest BCUT2D eigenvalue weighted by molar-refractivity contribution is 0.102. The van der Waals surface area contributed by atoms with Gasteiger partial charge >= 0.3 is 0 Å². The van der Waals surface area contributed by atoms with Crippen LogP contribution in [0.3, 0.4) is 0 Å². The van der Waals surface area contributed by atoms with Crippen LogP contribution in [0.25, 0.3) is 5.69 Å². The van der Waals surface area contributed by atoms with Crippen LogP contribution in [0.1, 0.15) is 10.4 Å². The van der Waals surface area contributed by atoms with Gasteiger partial charge in [0.1, 0.15) is 5.75 Å². The first kappa shape index (κ1) is 14.6. The number of carbonyl (C=O) groups is 1. The van der Waals surface area contributed by atoms with E-state index in [0.29, 0.717) is 11.4 Å². The molecule has 0 saturated carbocycles. The zero-order valence-corrected chi connectivity index (χ0v) is 12.1. The first-order chi connectivity index (χ1) is 11.1. The van der Waals surface area contributed by atoms with Gasteiger partial charge in [0.25, 0.3) is 11.5 Å². The molecule has 5 nitrogen and oxygen atoms in total. The van der Waals surface area contributed by atoms with Crippen molar-refractivity contribution in [2.24, 2.45) is 0 Å². The smallest absolute Gasteiger partial charge is 0.259 e. The third-order valence-electron chi connectivity index (χ3n) is 3.35. The number of pyridine rings is 1. The Balaban J connectivity index is 1.92. The molecule has 0 aliphatic carbocycles. The summed E-state index contributed by atoms with van der Waals surface area (Å²) in [5, 5.41) is 12.4. The standard InChI is InChI=1S/C18H14N2O3/c21-16-9-5-4-8-15(16)18(23)19-13-10-11-17(22)20(12-13)14-6-2-1-3-7-14/h1-12,21H,(H,19,23). The van der Waals surface area contributed by atoms with Crippen LogP contribution in [0, 0.1) is 0 Å². The molecule has 0 aliphatic heterocycles. The van der Waals surface area contributed by atoms with Gasteiger partial charge in [-0.25, -0.2) is 0 Å². The van der Waals surface area contributed by atoms with Gasteiger partial charge in [-0.2, -0.15) is 0 Å². The number of benzene rings is 2. The van der Waals surface area contributed by atoms with Gasteiger partial charge in [0.05, 0.1) is 11.3 Å². The minimum absolute atomic E-state index is 0.0959. The van der Waals surface area contributed by atoms with Crippen molar-refractivity contribution in [3.8, 4) is 11.4 Å². The Hall–Kier alpha value is -3.34. The first-order valence-electron chi connectivity index (χ1n) is 7.02. The number of hydrogen-bond acceptors (Lipinski definition) is 3. The molecule has 3 aromatic rings. The second-order valence-corrected chi connectivity index (χ2v) is 4.93. The van der Waals surface area contributed by atoms with Crippen molar-refractivity contribution >= 4 is 11.6 Å². The molecular formula is C18H14N2O3. The topological polar surface area (TPSA) is 71.3 Å². The number of carbonyl (C=O) groups excluding carboxylic acids is 1. The Morgan fingerprint density at radius 3 is 2.35 bits per heavy atom. The number of amides is 1. The number of rotatable bonds is 3. The highest BCUT2D eigenvalue weighted by Crippen LogP contribution is 2.17. The molecule has 0 radical (unpaired) electrons. The average molecular weight is 306 g/mol. The predicted octanol–water partition coefficient (Wildman–Crippen LogP) is 2.80. The largest absolute Gasteiger partial charge is 0.507 e. The van der Waals surface area contributed by atoms with Crippen molar-refractivity contribution in [1.82, 2.24) is 4.57 Å². The minimum atomic E-state index is -0.443. The van der Waals surface area contributed by atoms with Crippen LogP contribution in [0.5, 0.6) is 5.75 Å². The lowest BCUT2D eigenvalue weighted by atomic mass is 10.2. The van der Waals surface area contributed by atoms with Crippen LogP contribution >= 0.6 is 0 Å². The molecule has 0 saturated heterocycles. The van der Waals surface area contributed by atoms with E-state index in [2.05, 4.69) is 5.32 Å². The number of anilines is 1. The van der Waals surface area contributed by atoms with Crippen LogP contribution < -0.4 is 10.9 Å². The highest BCUT2D eigenvalue weighted by atomic mass is 16.3. The molecule has 5 heteroatoms. The minimum Gasteiger partial charge on any atom is -0.507 e. The maximum absolute atomic E-state index is 12.2. The summed E-state index contributed by atoms with van der Waals surface area (Å²) in [5.74, 6) is -0.539. The van der Waals surface area contributed by atoms with Gasteiger partial charge in [0, 0.05) is 18.0 Å². The molecule has 0 bridgehead atoms. The Labute approximate surface area is 132 Å². The first-order valence-corrected chi connectivity index (χ1v) is 7.02. The van der Waals surface area contributed by atoms with Gasteiger partial charge in [-0.05, 0) is 30.3 Å². The summed E-state index contributed by atoms with van der Waals surface area (Å²) in [6, 6.07) is 18.3. The highest BCUT2D eigenvalue weighted by Gasteiger charge is 2.11. The molecule has 1 aromatic heterocycles. The molecule has 1 heterocycles. The second kappa shape index (κ2) is 6.19. The van der Waals surface area contributed by atoms with Crippen LogP contribution in [-0.2, 0) is 0 Å². The summed E-state index contributed by atoms with van der Waals surface area (Å²) in [5.41, 5.74) is 1.14. The van der Waals surface area contributed by atoms with Crippen molar-refractivity contribution in [2.45, 2.75) is 0 Å². The number of phenols is 1. The molecule has 2 N–H and O–H groups in total. The molecule has 1 amide bonds. The van der Waals surface area contributed by atoms with E-state index in [4.69, 9.17) is 0 Å². The van der Waals surface area contributed by atoms with Crippen LogP contribution in [0.2, 0.25) is 0 Å². The van der Waals surface area contributed by atoms with E-state index in [1.54, 1.807) is 30.5 Å². The SMILES string of the molecule is O=C(Nc1ccc(=O)n(-c2ccccc2)c1)c1ccccc1O. The lowest BCUT2D eigenvalue weighted by Gasteiger charge is -2.10. The molecular weight excluding hydrogens is 292 g/mol. The molecule has 3 rings (SSSR count). The number of aromatic nitrogens is 1. The second-order valence-electron chi connectivity index (χ2n) is 4.93. The monoisotopic (exact) mass is 306 g/mol. The quantitative estimate of drug-likeness (QED) is 0.781. The number of aromatic hydroxyl groups is 1. The Kier molecular flexibility index (Phi) is 3.93. The predicted molar refractivity (Wildman–Crippen MR) is 88.1 cm³/mol. The number of para-hydroxylation sites is 2. The van der Waals surface area contributed by atoms with E-state index in [9.17, 15) is 14.7 Å². The fraction of sp³-hybridized carbons (Fsp3) is 0. The molecule has 23 heavy (non-hydrogen) atoms. The zero-order chi connectivity index (χ0) is 16.2. The summed E-state index contributed by atoms with van der Waals surface area (Å²) in [6.07, 6.45) is 1.55. The Morgan fingerprint density at radius 2 is 1.61 bits per heavy atom. The molecule has 0 aliphatic rings. The normalized spacial score (nSPS) is 10.3. The van der Waals surface area contributed by atoms with Crippen molar-refractivity contribution in [2.75, 3.05) is 5.32 Å². The summed E-state index contributed by atoms with van der Waals surface area (Å²) in [4.78, 5) is 24.2. The zero-order valence-electron chi connectivity index (χ0n) is 12.1. The van der Waals surface area contributed by atoms with Gasteiger partial charge in [0.15, 0.2) is 0 Å². The van der Waals surface area contributed by atoms with E-state index in [0.717, 1.165) is 0 Å². The van der Waals surface area contributed by atoms with Gasteiger partial charge in [-0.3, -0.25) is 14.2 Å². The van der Waals surface area contributed by atoms with Crippen LogP contribution in [0.15, 0.2) is 77.7 Å². The summed E-state index contributed by atoms with van der Waals surface area (Å²) < 4.78 is 1.44. The van der Waals surface area contributed by atoms with E-state index in [-0.39, 0.29) is 16.9 Å². The number of nitrogens with one attached hydrogen (secondary N) is 1. The van der Waals surface area contributed by atoms with E-state index < -0.39 is 5.91 Å². The third-order valence-corrected chi connectivity index (χ3v) is 3.35. The van der Waals surface area contributed by atoms with Gasteiger partial charge in [-0.15, -0.1) is 0 Å². The van der Waals surface area contributed by atoms with Crippen molar-refractivity contribution in [1.29, 1.82) is 0 Å². The fourth-order valence-corrected chi connectivity index (χ4v) is 2.22. The third kappa shape index (κ3) is 3.13. The van der Waals surface area contributed by atoms with Crippen LogP contribution in [0.4, 0.5) is 5.69 Å². The molecule has 2 aromatic carbocycles.